The van der Waals surface area contributed by atoms with Gasteiger partial charge in [0.1, 0.15) is 12.7 Å². The van der Waals surface area contributed by atoms with E-state index in [0.717, 1.165) is 18.4 Å². The molecule has 0 radical (unpaired) electrons. The largest absolute Gasteiger partial charge is 0.354 e. The Balaban J connectivity index is 1.64. The first kappa shape index (κ1) is 14.9. The maximum Gasteiger partial charge on any atom is 0.254 e. The summed E-state index contributed by atoms with van der Waals surface area (Å²) in [6.07, 6.45) is 5.36. The molecule has 7 nitrogen and oxygen atoms in total. The summed E-state index contributed by atoms with van der Waals surface area (Å²) in [4.78, 5) is 30.9. The molecular weight excluding hydrogens is 306 g/mol. The van der Waals surface area contributed by atoms with E-state index in [1.165, 1.54) is 6.33 Å². The van der Waals surface area contributed by atoms with Gasteiger partial charge in [0.2, 0.25) is 5.91 Å². The number of fused-ring (bicyclic) bond motifs is 2. The van der Waals surface area contributed by atoms with Crippen molar-refractivity contribution in [3.05, 3.63) is 48.0 Å². The van der Waals surface area contributed by atoms with Crippen molar-refractivity contribution in [1.82, 2.24) is 25.0 Å². The van der Waals surface area contributed by atoms with Crippen LogP contribution in [0.1, 0.15) is 35.2 Å². The van der Waals surface area contributed by atoms with Gasteiger partial charge in [-0.05, 0) is 24.5 Å². The van der Waals surface area contributed by atoms with E-state index in [-0.39, 0.29) is 23.9 Å². The molecule has 7 heteroatoms. The van der Waals surface area contributed by atoms with Gasteiger partial charge in [-0.2, -0.15) is 5.10 Å². The van der Waals surface area contributed by atoms with Crippen molar-refractivity contribution in [1.29, 1.82) is 0 Å². The van der Waals surface area contributed by atoms with E-state index in [1.54, 1.807) is 11.0 Å². The molecule has 124 valence electrons. The van der Waals surface area contributed by atoms with Gasteiger partial charge in [-0.3, -0.25) is 9.59 Å². The van der Waals surface area contributed by atoms with Gasteiger partial charge in [-0.25, -0.2) is 9.67 Å². The molecule has 3 heterocycles. The monoisotopic (exact) mass is 325 g/mol. The SMILES string of the molecule is O=C1CC2CCC(CN1)N2C(=O)c1ccccc1Cn1cncn1. The minimum Gasteiger partial charge on any atom is -0.354 e. The van der Waals surface area contributed by atoms with Crippen molar-refractivity contribution in [3.63, 3.8) is 0 Å². The molecule has 1 N–H and O–H groups in total. The van der Waals surface area contributed by atoms with E-state index >= 15 is 0 Å². The van der Waals surface area contributed by atoms with E-state index in [2.05, 4.69) is 15.4 Å². The smallest absolute Gasteiger partial charge is 0.254 e. The van der Waals surface area contributed by atoms with E-state index in [4.69, 9.17) is 0 Å². The lowest BCUT2D eigenvalue weighted by Gasteiger charge is -2.28. The lowest BCUT2D eigenvalue weighted by molar-refractivity contribution is -0.121. The number of rotatable bonds is 3. The molecule has 2 saturated heterocycles. The second kappa shape index (κ2) is 6.07. The van der Waals surface area contributed by atoms with Crippen molar-refractivity contribution in [3.8, 4) is 0 Å². The molecule has 0 aliphatic carbocycles. The van der Waals surface area contributed by atoms with Gasteiger partial charge >= 0.3 is 0 Å². The molecule has 1 aromatic heterocycles. The maximum atomic E-state index is 13.2. The van der Waals surface area contributed by atoms with Gasteiger partial charge in [-0.1, -0.05) is 18.2 Å². The number of hydrogen-bond donors (Lipinski definition) is 1. The number of nitrogens with one attached hydrogen (secondary N) is 1. The zero-order valence-electron chi connectivity index (χ0n) is 13.3. The summed E-state index contributed by atoms with van der Waals surface area (Å²) in [5, 5.41) is 7.03. The predicted molar refractivity (Wildman–Crippen MR) is 86.2 cm³/mol. The Morgan fingerprint density at radius 2 is 2.08 bits per heavy atom. The van der Waals surface area contributed by atoms with E-state index in [9.17, 15) is 9.59 Å². The molecule has 24 heavy (non-hydrogen) atoms. The van der Waals surface area contributed by atoms with Crippen LogP contribution in [0.4, 0.5) is 0 Å². The molecule has 2 unspecified atom stereocenters. The number of aromatic nitrogens is 3. The molecule has 2 bridgehead atoms. The molecular formula is C17H19N5O2. The average Bonchev–Trinajstić information content (AvgIpc) is 3.18. The van der Waals surface area contributed by atoms with Crippen LogP contribution in [-0.2, 0) is 11.3 Å². The Morgan fingerprint density at radius 3 is 2.92 bits per heavy atom. The summed E-state index contributed by atoms with van der Waals surface area (Å²) in [5.41, 5.74) is 1.59. The van der Waals surface area contributed by atoms with Crippen LogP contribution in [0.25, 0.3) is 0 Å². The zero-order valence-corrected chi connectivity index (χ0v) is 13.3. The number of carbonyl (C=O) groups is 2. The fourth-order valence-electron chi connectivity index (χ4n) is 3.71. The maximum absolute atomic E-state index is 13.2. The number of carbonyl (C=O) groups excluding carboxylic acids is 2. The van der Waals surface area contributed by atoms with Crippen molar-refractivity contribution < 1.29 is 9.59 Å². The molecule has 2 fully saturated rings. The molecule has 1 aromatic carbocycles. The van der Waals surface area contributed by atoms with E-state index < -0.39 is 0 Å². The van der Waals surface area contributed by atoms with Crippen LogP contribution in [0.3, 0.4) is 0 Å². The van der Waals surface area contributed by atoms with Crippen LogP contribution in [0, 0.1) is 0 Å². The first-order valence-corrected chi connectivity index (χ1v) is 8.22. The van der Waals surface area contributed by atoms with Gasteiger partial charge in [0.25, 0.3) is 5.91 Å². The highest BCUT2D eigenvalue weighted by Gasteiger charge is 2.40. The summed E-state index contributed by atoms with van der Waals surface area (Å²) < 4.78 is 1.70. The first-order valence-electron chi connectivity index (χ1n) is 8.22. The van der Waals surface area contributed by atoms with Crippen LogP contribution >= 0.6 is 0 Å². The lowest BCUT2D eigenvalue weighted by Crippen LogP contribution is -2.42. The fourth-order valence-corrected chi connectivity index (χ4v) is 3.71. The van der Waals surface area contributed by atoms with Crippen LogP contribution in [0.5, 0.6) is 0 Å². The van der Waals surface area contributed by atoms with Gasteiger partial charge in [0.15, 0.2) is 0 Å². The second-order valence-electron chi connectivity index (χ2n) is 6.36. The van der Waals surface area contributed by atoms with Crippen LogP contribution in [0.2, 0.25) is 0 Å². The quantitative estimate of drug-likeness (QED) is 0.906. The van der Waals surface area contributed by atoms with Crippen molar-refractivity contribution in [2.45, 2.75) is 37.9 Å². The first-order chi connectivity index (χ1) is 11.7. The molecule has 2 amide bonds. The number of amides is 2. The summed E-state index contributed by atoms with van der Waals surface area (Å²) in [6, 6.07) is 7.69. The Morgan fingerprint density at radius 1 is 1.25 bits per heavy atom. The average molecular weight is 325 g/mol. The lowest BCUT2D eigenvalue weighted by atomic mass is 10.0. The summed E-state index contributed by atoms with van der Waals surface area (Å²) in [7, 11) is 0. The molecule has 0 saturated carbocycles. The fraction of sp³-hybridized carbons (Fsp3) is 0.412. The van der Waals surface area contributed by atoms with Gasteiger partial charge in [0, 0.05) is 30.6 Å². The highest BCUT2D eigenvalue weighted by Crippen LogP contribution is 2.30. The third kappa shape index (κ3) is 2.66. The highest BCUT2D eigenvalue weighted by molar-refractivity contribution is 5.97. The molecule has 2 atom stereocenters. The Hall–Kier alpha value is -2.70. The Kier molecular flexibility index (Phi) is 3.76. The summed E-state index contributed by atoms with van der Waals surface area (Å²) in [5.74, 6) is 0.0469. The van der Waals surface area contributed by atoms with Crippen LogP contribution in [0.15, 0.2) is 36.9 Å². The number of benzene rings is 1. The van der Waals surface area contributed by atoms with E-state index in [0.29, 0.717) is 25.1 Å². The Labute approximate surface area is 139 Å². The third-order valence-corrected chi connectivity index (χ3v) is 4.86. The predicted octanol–water partition coefficient (Wildman–Crippen LogP) is 0.819. The van der Waals surface area contributed by atoms with E-state index in [1.807, 2.05) is 29.2 Å². The van der Waals surface area contributed by atoms with Gasteiger partial charge < -0.3 is 10.2 Å². The minimum atomic E-state index is 0.00410. The summed E-state index contributed by atoms with van der Waals surface area (Å²) in [6.45, 7) is 1.05. The van der Waals surface area contributed by atoms with Crippen molar-refractivity contribution in [2.75, 3.05) is 6.54 Å². The normalized spacial score (nSPS) is 23.0. The van der Waals surface area contributed by atoms with Crippen molar-refractivity contribution in [2.24, 2.45) is 0 Å². The highest BCUT2D eigenvalue weighted by atomic mass is 16.2. The molecule has 2 aliphatic heterocycles. The van der Waals surface area contributed by atoms with Crippen LogP contribution in [-0.4, -0.2) is 50.1 Å². The topological polar surface area (TPSA) is 80.1 Å². The summed E-state index contributed by atoms with van der Waals surface area (Å²) >= 11 is 0. The number of hydrogen-bond acceptors (Lipinski definition) is 4. The molecule has 2 aliphatic rings. The van der Waals surface area contributed by atoms with Gasteiger partial charge in [-0.15, -0.1) is 0 Å². The number of nitrogens with zero attached hydrogens (tertiary/aromatic N) is 4. The minimum absolute atomic E-state index is 0.00410. The Bertz CT molecular complexity index is 758. The standard InChI is InChI=1S/C17H19N5O2/c23-16-7-13-5-6-14(8-19-16)22(13)17(24)15-4-2-1-3-12(15)9-21-11-18-10-20-21/h1-4,10-11,13-14H,5-9H2,(H,19,23). The third-order valence-electron chi connectivity index (χ3n) is 4.86. The van der Waals surface area contributed by atoms with Crippen LogP contribution < -0.4 is 5.32 Å². The molecule has 4 rings (SSSR count). The van der Waals surface area contributed by atoms with Crippen molar-refractivity contribution >= 4 is 11.8 Å². The second-order valence-corrected chi connectivity index (χ2v) is 6.36. The zero-order chi connectivity index (χ0) is 16.5. The molecule has 0 spiro atoms. The molecule has 2 aromatic rings. The van der Waals surface area contributed by atoms with Gasteiger partial charge in [0.05, 0.1) is 6.54 Å².